The molecule has 0 aromatic rings. The van der Waals surface area contributed by atoms with Gasteiger partial charge in [0.05, 0.1) is 13.2 Å². The van der Waals surface area contributed by atoms with Crippen molar-refractivity contribution in [2.24, 2.45) is 0 Å². The van der Waals surface area contributed by atoms with E-state index < -0.39 is 7.75 Å². The molecular weight excluding hydrogens is 284 g/mol. The summed E-state index contributed by atoms with van der Waals surface area (Å²) < 4.78 is 25.0. The summed E-state index contributed by atoms with van der Waals surface area (Å²) >= 11 is 11.1. The Morgan fingerprint density at radius 1 is 1.00 bits per heavy atom. The van der Waals surface area contributed by atoms with Gasteiger partial charge in [-0.15, -0.1) is 23.2 Å². The van der Waals surface area contributed by atoms with Gasteiger partial charge >= 0.3 is 7.75 Å². The summed E-state index contributed by atoms with van der Waals surface area (Å²) in [5.41, 5.74) is 0. The molecule has 0 aromatic carbocycles. The second-order valence-electron chi connectivity index (χ2n) is 3.47. The van der Waals surface area contributed by atoms with Crippen LogP contribution < -0.4 is 0 Å². The molecule has 0 unspecified atom stereocenters. The quantitative estimate of drug-likeness (QED) is 0.431. The molecule has 0 aromatic heterocycles. The minimum absolute atomic E-state index is 0.213. The molecule has 0 saturated heterocycles. The molecule has 0 aliphatic rings. The maximum Gasteiger partial charge on any atom is 0.408 e. The Morgan fingerprint density at radius 2 is 1.41 bits per heavy atom. The normalized spacial score (nSPS) is 12.3. The Morgan fingerprint density at radius 3 is 1.71 bits per heavy atom. The van der Waals surface area contributed by atoms with Gasteiger partial charge in [-0.1, -0.05) is 13.8 Å². The Kier molecular flexibility index (Phi) is 11.0. The van der Waals surface area contributed by atoms with Crippen molar-refractivity contribution in [2.45, 2.75) is 26.7 Å². The first-order valence-corrected chi connectivity index (χ1v) is 8.47. The van der Waals surface area contributed by atoms with Crippen molar-refractivity contribution < 1.29 is 13.6 Å². The number of hydrogen-bond donors (Lipinski definition) is 0. The van der Waals surface area contributed by atoms with Crippen molar-refractivity contribution in [3.63, 3.8) is 0 Å². The van der Waals surface area contributed by atoms with E-state index in [-0.39, 0.29) is 13.2 Å². The smallest absolute Gasteiger partial charge is 0.295 e. The maximum atomic E-state index is 12.6. The minimum Gasteiger partial charge on any atom is -0.295 e. The largest absolute Gasteiger partial charge is 0.408 e. The zero-order chi connectivity index (χ0) is 13.1. The van der Waals surface area contributed by atoms with Gasteiger partial charge in [-0.05, 0) is 12.8 Å². The van der Waals surface area contributed by atoms with Crippen LogP contribution in [0.25, 0.3) is 0 Å². The first-order chi connectivity index (χ1) is 8.14. The van der Waals surface area contributed by atoms with E-state index >= 15 is 0 Å². The summed E-state index contributed by atoms with van der Waals surface area (Å²) in [6.45, 7) is 5.83. The number of nitrogens with zero attached hydrogens (tertiary/aromatic N) is 1. The van der Waals surface area contributed by atoms with Gasteiger partial charge in [0, 0.05) is 24.8 Å². The molecule has 0 amide bonds. The monoisotopic (exact) mass is 305 g/mol. The standard InChI is InChI=1S/C10H22Cl2NO3P/c1-3-7-13(8-4-2)17(14,15-9-5-11)16-10-6-12/h3-10H2,1-2H3. The molecule has 0 bridgehead atoms. The maximum absolute atomic E-state index is 12.6. The van der Waals surface area contributed by atoms with Crippen molar-refractivity contribution in [3.05, 3.63) is 0 Å². The fraction of sp³-hybridized carbons (Fsp3) is 1.00. The third-order valence-corrected chi connectivity index (χ3v) is 4.39. The van der Waals surface area contributed by atoms with Crippen molar-refractivity contribution in [1.82, 2.24) is 4.67 Å². The molecule has 7 heteroatoms. The highest BCUT2D eigenvalue weighted by atomic mass is 35.5. The zero-order valence-electron chi connectivity index (χ0n) is 10.5. The fourth-order valence-corrected chi connectivity index (χ4v) is 3.68. The molecule has 0 radical (unpaired) electrons. The van der Waals surface area contributed by atoms with Gasteiger partial charge < -0.3 is 0 Å². The van der Waals surface area contributed by atoms with Crippen molar-refractivity contribution in [3.8, 4) is 0 Å². The van der Waals surface area contributed by atoms with Gasteiger partial charge in [0.15, 0.2) is 0 Å². The van der Waals surface area contributed by atoms with Crippen LogP contribution in [0.2, 0.25) is 0 Å². The molecule has 0 rings (SSSR count). The summed E-state index contributed by atoms with van der Waals surface area (Å²) in [5, 5.41) is 0. The van der Waals surface area contributed by atoms with Crippen LogP contribution in [0.5, 0.6) is 0 Å². The Labute approximate surface area is 114 Å². The van der Waals surface area contributed by atoms with Crippen LogP contribution in [0.3, 0.4) is 0 Å². The lowest BCUT2D eigenvalue weighted by atomic mass is 10.4. The van der Waals surface area contributed by atoms with Gasteiger partial charge in [0.2, 0.25) is 0 Å². The Bertz CT molecular complexity index is 214. The molecule has 0 fully saturated rings. The minimum atomic E-state index is -3.23. The van der Waals surface area contributed by atoms with E-state index in [1.165, 1.54) is 0 Å². The third kappa shape index (κ3) is 7.00. The van der Waals surface area contributed by atoms with Crippen LogP contribution in [-0.2, 0) is 13.6 Å². The predicted molar refractivity (Wildman–Crippen MR) is 73.1 cm³/mol. The molecule has 104 valence electrons. The van der Waals surface area contributed by atoms with Crippen LogP contribution in [0, 0.1) is 0 Å². The molecule has 17 heavy (non-hydrogen) atoms. The number of alkyl halides is 2. The van der Waals surface area contributed by atoms with Gasteiger partial charge in [0.1, 0.15) is 0 Å². The van der Waals surface area contributed by atoms with E-state index in [0.717, 1.165) is 12.8 Å². The zero-order valence-corrected chi connectivity index (χ0v) is 12.9. The molecule has 0 aliphatic carbocycles. The van der Waals surface area contributed by atoms with Crippen LogP contribution >= 0.6 is 30.9 Å². The van der Waals surface area contributed by atoms with E-state index in [1.54, 1.807) is 4.67 Å². The number of rotatable bonds is 11. The summed E-state index contributed by atoms with van der Waals surface area (Å²) in [6, 6.07) is 0. The van der Waals surface area contributed by atoms with Crippen molar-refractivity contribution in [2.75, 3.05) is 38.1 Å². The van der Waals surface area contributed by atoms with E-state index in [9.17, 15) is 4.57 Å². The number of halogens is 2. The second kappa shape index (κ2) is 10.6. The highest BCUT2D eigenvalue weighted by Crippen LogP contribution is 2.52. The van der Waals surface area contributed by atoms with Crippen LogP contribution in [0.4, 0.5) is 0 Å². The SMILES string of the molecule is CCCN(CCC)P(=O)(OCCCl)OCCCl. The van der Waals surface area contributed by atoms with Crippen LogP contribution in [0.1, 0.15) is 26.7 Å². The average molecular weight is 306 g/mol. The molecule has 4 nitrogen and oxygen atoms in total. The van der Waals surface area contributed by atoms with Gasteiger partial charge in [-0.2, -0.15) is 0 Å². The van der Waals surface area contributed by atoms with Crippen LogP contribution in [0.15, 0.2) is 0 Å². The van der Waals surface area contributed by atoms with Gasteiger partial charge in [-0.3, -0.25) is 9.05 Å². The van der Waals surface area contributed by atoms with Gasteiger partial charge in [0.25, 0.3) is 0 Å². The van der Waals surface area contributed by atoms with E-state index in [4.69, 9.17) is 32.2 Å². The molecule has 0 saturated carbocycles. The Hall–Kier alpha value is 0.690. The van der Waals surface area contributed by atoms with Crippen LogP contribution in [-0.4, -0.2) is 42.7 Å². The average Bonchev–Trinajstić information content (AvgIpc) is 2.33. The highest BCUT2D eigenvalue weighted by Gasteiger charge is 2.32. The number of hydrogen-bond acceptors (Lipinski definition) is 3. The topological polar surface area (TPSA) is 38.8 Å². The molecule has 0 atom stereocenters. The molecule has 0 spiro atoms. The lowest BCUT2D eigenvalue weighted by Gasteiger charge is -2.29. The van der Waals surface area contributed by atoms with Crippen molar-refractivity contribution in [1.29, 1.82) is 0 Å². The molecular formula is C10H22Cl2NO3P. The van der Waals surface area contributed by atoms with Gasteiger partial charge in [-0.25, -0.2) is 9.24 Å². The molecule has 0 aliphatic heterocycles. The fourth-order valence-electron chi connectivity index (χ4n) is 1.37. The van der Waals surface area contributed by atoms with E-state index in [1.807, 2.05) is 13.8 Å². The molecule has 0 heterocycles. The predicted octanol–water partition coefficient (Wildman–Crippen LogP) is 3.73. The summed E-state index contributed by atoms with van der Waals surface area (Å²) in [4.78, 5) is 0. The first-order valence-electron chi connectivity index (χ1n) is 5.91. The lowest BCUT2D eigenvalue weighted by molar-refractivity contribution is 0.168. The summed E-state index contributed by atoms with van der Waals surface area (Å²) in [6.07, 6.45) is 1.77. The highest BCUT2D eigenvalue weighted by molar-refractivity contribution is 7.51. The van der Waals surface area contributed by atoms with E-state index in [0.29, 0.717) is 24.8 Å². The second-order valence-corrected chi connectivity index (χ2v) is 6.24. The molecule has 0 N–H and O–H groups in total. The summed E-state index contributed by atoms with van der Waals surface area (Å²) in [7, 11) is -3.23. The van der Waals surface area contributed by atoms with Crippen molar-refractivity contribution >= 4 is 30.9 Å². The third-order valence-electron chi connectivity index (χ3n) is 1.97. The first kappa shape index (κ1) is 17.7. The summed E-state index contributed by atoms with van der Waals surface area (Å²) in [5.74, 6) is 0.584. The Balaban J connectivity index is 4.62. The van der Waals surface area contributed by atoms with E-state index in [2.05, 4.69) is 0 Å². The lowest BCUT2D eigenvalue weighted by Crippen LogP contribution is -2.25.